The van der Waals surface area contributed by atoms with E-state index in [1.54, 1.807) is 0 Å². The van der Waals surface area contributed by atoms with Gasteiger partial charge in [0.2, 0.25) is 0 Å². The molecule has 0 aromatic rings. The predicted molar refractivity (Wildman–Crippen MR) is 352 cm³/mol. The fraction of sp³-hybridized carbons (Fsp3) is 0.613. The maximum atomic E-state index is 12.9. The van der Waals surface area contributed by atoms with E-state index in [9.17, 15) is 14.4 Å². The van der Waals surface area contributed by atoms with Gasteiger partial charge in [-0.1, -0.05) is 269 Å². The van der Waals surface area contributed by atoms with Crippen LogP contribution >= 0.6 is 0 Å². The first kappa shape index (κ1) is 76.0. The molecule has 0 aromatic carbocycles. The van der Waals surface area contributed by atoms with Crippen LogP contribution in [0.15, 0.2) is 158 Å². The molecule has 456 valence electrons. The lowest BCUT2D eigenvalue weighted by Gasteiger charge is -2.18. The van der Waals surface area contributed by atoms with Crippen molar-refractivity contribution in [2.24, 2.45) is 0 Å². The average Bonchev–Trinajstić information content (AvgIpc) is 3.47. The number of ether oxygens (including phenoxy) is 3. The fourth-order valence-electron chi connectivity index (χ4n) is 8.62. The summed E-state index contributed by atoms with van der Waals surface area (Å²) in [4.78, 5) is 38.4. The molecule has 0 rings (SSSR count). The van der Waals surface area contributed by atoms with Crippen LogP contribution < -0.4 is 0 Å². The highest BCUT2D eigenvalue weighted by Gasteiger charge is 2.19. The molecule has 6 heteroatoms. The van der Waals surface area contributed by atoms with Gasteiger partial charge in [-0.05, 0) is 148 Å². The Morgan fingerprint density at radius 2 is 0.481 bits per heavy atom. The first-order valence-corrected chi connectivity index (χ1v) is 33.0. The predicted octanol–water partition coefficient (Wildman–Crippen LogP) is 22.9. The van der Waals surface area contributed by atoms with Crippen molar-refractivity contribution >= 4 is 17.9 Å². The van der Waals surface area contributed by atoms with E-state index in [-0.39, 0.29) is 31.1 Å². The lowest BCUT2D eigenvalue weighted by Crippen LogP contribution is -2.30. The van der Waals surface area contributed by atoms with Gasteiger partial charge in [-0.15, -0.1) is 0 Å². The van der Waals surface area contributed by atoms with E-state index >= 15 is 0 Å². The summed E-state index contributed by atoms with van der Waals surface area (Å²) in [6.07, 6.45) is 98.2. The van der Waals surface area contributed by atoms with Crippen molar-refractivity contribution in [2.75, 3.05) is 13.2 Å². The number of carbonyl (C=O) groups excluding carboxylic acids is 3. The van der Waals surface area contributed by atoms with Crippen LogP contribution in [0.25, 0.3) is 0 Å². The van der Waals surface area contributed by atoms with Gasteiger partial charge >= 0.3 is 17.9 Å². The third-order valence-corrected chi connectivity index (χ3v) is 13.5. The van der Waals surface area contributed by atoms with Crippen LogP contribution in [0.2, 0.25) is 0 Å². The van der Waals surface area contributed by atoms with Gasteiger partial charge in [-0.3, -0.25) is 14.4 Å². The SMILES string of the molecule is CC/C=C\C/C=C\C/C=C\C/C=C\C/C=C\C/C=C\CCCCCCCCCCCCC(=O)OCC(COC(=O)CCCC/C=C\C/C=C\C/C=C\C/C=C\CC)OC(=O)CCCCCCCC/C=C\C/C=C\C/C=C\CCCCC. The second-order valence-electron chi connectivity index (χ2n) is 21.3. The Hall–Kier alpha value is -4.97. The molecule has 0 saturated carbocycles. The number of hydrogen-bond acceptors (Lipinski definition) is 6. The average molecular weight is 1120 g/mol. The van der Waals surface area contributed by atoms with Gasteiger partial charge < -0.3 is 14.2 Å². The van der Waals surface area contributed by atoms with E-state index in [1.165, 1.54) is 83.5 Å². The molecule has 0 aliphatic heterocycles. The second-order valence-corrected chi connectivity index (χ2v) is 21.3. The molecular weight excluding hydrogens is 997 g/mol. The van der Waals surface area contributed by atoms with E-state index in [0.717, 1.165) is 148 Å². The Balaban J connectivity index is 4.41. The molecule has 6 nitrogen and oxygen atoms in total. The molecule has 0 aliphatic carbocycles. The molecule has 0 aliphatic rings. The van der Waals surface area contributed by atoms with Crippen LogP contribution in [0.1, 0.15) is 278 Å². The highest BCUT2D eigenvalue weighted by atomic mass is 16.6. The summed E-state index contributed by atoms with van der Waals surface area (Å²) in [5, 5.41) is 0. The monoisotopic (exact) mass is 1120 g/mol. The van der Waals surface area contributed by atoms with E-state index < -0.39 is 6.10 Å². The molecule has 0 N–H and O–H groups in total. The van der Waals surface area contributed by atoms with Crippen LogP contribution in [0.4, 0.5) is 0 Å². The molecule has 0 saturated heterocycles. The Morgan fingerprint density at radius 3 is 0.778 bits per heavy atom. The summed E-state index contributed by atoms with van der Waals surface area (Å²) in [7, 11) is 0. The van der Waals surface area contributed by atoms with Crippen LogP contribution in [0.5, 0.6) is 0 Å². The molecule has 0 heterocycles. The number of carbonyl (C=O) groups is 3. The zero-order valence-electron chi connectivity index (χ0n) is 52.2. The van der Waals surface area contributed by atoms with E-state index in [2.05, 4.69) is 179 Å². The molecule has 0 bridgehead atoms. The van der Waals surface area contributed by atoms with E-state index in [0.29, 0.717) is 25.7 Å². The lowest BCUT2D eigenvalue weighted by atomic mass is 10.1. The first-order valence-electron chi connectivity index (χ1n) is 33.0. The van der Waals surface area contributed by atoms with Crippen LogP contribution in [0.3, 0.4) is 0 Å². The van der Waals surface area contributed by atoms with Crippen molar-refractivity contribution in [3.8, 4) is 0 Å². The van der Waals surface area contributed by atoms with E-state index in [4.69, 9.17) is 14.2 Å². The zero-order chi connectivity index (χ0) is 58.5. The molecular formula is C75H120O6. The van der Waals surface area contributed by atoms with Gasteiger partial charge in [0, 0.05) is 19.3 Å². The minimum atomic E-state index is -0.813. The summed E-state index contributed by atoms with van der Waals surface area (Å²) in [6, 6.07) is 0. The van der Waals surface area contributed by atoms with Crippen molar-refractivity contribution in [1.82, 2.24) is 0 Å². The fourth-order valence-corrected chi connectivity index (χ4v) is 8.62. The topological polar surface area (TPSA) is 78.9 Å². The number of unbranched alkanes of at least 4 members (excludes halogenated alkanes) is 21. The molecule has 0 fully saturated rings. The molecule has 0 spiro atoms. The minimum absolute atomic E-state index is 0.105. The summed E-state index contributed by atoms with van der Waals surface area (Å²) in [5.41, 5.74) is 0. The smallest absolute Gasteiger partial charge is 0.306 e. The second kappa shape index (κ2) is 67.5. The van der Waals surface area contributed by atoms with Crippen LogP contribution in [0, 0.1) is 0 Å². The molecule has 0 radical (unpaired) electrons. The maximum Gasteiger partial charge on any atom is 0.306 e. The van der Waals surface area contributed by atoms with Gasteiger partial charge in [0.05, 0.1) is 0 Å². The van der Waals surface area contributed by atoms with Gasteiger partial charge in [0.25, 0.3) is 0 Å². The third kappa shape index (κ3) is 65.7. The third-order valence-electron chi connectivity index (χ3n) is 13.5. The Bertz CT molecular complexity index is 1810. The Morgan fingerprint density at radius 1 is 0.259 bits per heavy atom. The van der Waals surface area contributed by atoms with Gasteiger partial charge in [-0.2, -0.15) is 0 Å². The number of esters is 3. The largest absolute Gasteiger partial charge is 0.462 e. The number of allylic oxidation sites excluding steroid dienone is 26. The lowest BCUT2D eigenvalue weighted by molar-refractivity contribution is -0.167. The standard InChI is InChI=1S/C75H120O6/c1-4-7-10-13-16-19-22-25-28-30-32-33-34-35-36-37-38-39-40-41-43-44-47-50-53-56-59-62-65-68-74(77)80-71-72(70-79-73(76)67-64-61-58-55-52-49-46-27-24-21-18-15-12-9-6-3)81-75(78)69-66-63-60-57-54-51-48-45-42-31-29-26-23-20-17-14-11-8-5-2/h7,9-10,12,16-21,25-29,32-33,35-36,38-39,42,45-46,52,55,72H,4-6,8,11,13-15,22-24,30-31,34,37,40-41,43-44,47-51,53-54,56-71H2,1-3H3/b10-7-,12-9-,19-16-,20-17-,21-18-,28-25-,29-26-,33-32-,36-35-,39-38-,45-42-,46-27-,55-52-. The van der Waals surface area contributed by atoms with Crippen LogP contribution in [-0.4, -0.2) is 37.2 Å². The summed E-state index contributed by atoms with van der Waals surface area (Å²) in [5.74, 6) is -0.965. The molecule has 0 amide bonds. The normalized spacial score (nSPS) is 13.2. The van der Waals surface area contributed by atoms with E-state index in [1.807, 2.05) is 0 Å². The summed E-state index contributed by atoms with van der Waals surface area (Å²) >= 11 is 0. The highest BCUT2D eigenvalue weighted by Crippen LogP contribution is 2.15. The summed E-state index contributed by atoms with van der Waals surface area (Å²) < 4.78 is 16.9. The maximum absolute atomic E-state index is 12.9. The van der Waals surface area contributed by atoms with Crippen molar-refractivity contribution in [1.29, 1.82) is 0 Å². The summed E-state index contributed by atoms with van der Waals surface area (Å²) in [6.45, 7) is 6.34. The zero-order valence-corrected chi connectivity index (χ0v) is 52.2. The Kier molecular flexibility index (Phi) is 63.4. The molecule has 81 heavy (non-hydrogen) atoms. The van der Waals surface area contributed by atoms with Gasteiger partial charge in [0.1, 0.15) is 13.2 Å². The van der Waals surface area contributed by atoms with Crippen molar-refractivity contribution in [2.45, 2.75) is 284 Å². The quantitative estimate of drug-likeness (QED) is 0.0261. The minimum Gasteiger partial charge on any atom is -0.462 e. The van der Waals surface area contributed by atoms with Gasteiger partial charge in [0.15, 0.2) is 6.10 Å². The number of rotatable bonds is 58. The van der Waals surface area contributed by atoms with Crippen LogP contribution in [-0.2, 0) is 28.6 Å². The number of hydrogen-bond donors (Lipinski definition) is 0. The molecule has 1 atom stereocenters. The van der Waals surface area contributed by atoms with Crippen molar-refractivity contribution in [3.63, 3.8) is 0 Å². The first-order chi connectivity index (χ1) is 40.0. The van der Waals surface area contributed by atoms with Gasteiger partial charge in [-0.25, -0.2) is 0 Å². The Labute approximate surface area is 499 Å². The molecule has 1 unspecified atom stereocenters. The highest BCUT2D eigenvalue weighted by molar-refractivity contribution is 5.71. The molecule has 0 aromatic heterocycles. The van der Waals surface area contributed by atoms with Crippen molar-refractivity contribution < 1.29 is 28.6 Å². The van der Waals surface area contributed by atoms with Crippen molar-refractivity contribution in [3.05, 3.63) is 158 Å².